The van der Waals surface area contributed by atoms with Crippen molar-refractivity contribution < 1.29 is 28.9 Å². The first-order valence-electron chi connectivity index (χ1n) is 8.44. The van der Waals surface area contributed by atoms with E-state index in [-0.39, 0.29) is 28.1 Å². The second-order valence-electron chi connectivity index (χ2n) is 5.93. The first-order valence-corrected chi connectivity index (χ1v) is 9.19. The monoisotopic (exact) mass is 429 g/mol. The lowest BCUT2D eigenvalue weighted by Gasteiger charge is -2.37. The Morgan fingerprint density at radius 3 is 2.46 bits per heavy atom. The minimum Gasteiger partial charge on any atom is -0.466 e. The molecule has 1 aromatic carbocycles. The van der Waals surface area contributed by atoms with Gasteiger partial charge in [-0.25, -0.2) is 9.59 Å². The topological polar surface area (TPSA) is 85.3 Å². The number of carbonyl (C=O) groups is 2. The zero-order valence-electron chi connectivity index (χ0n) is 15.9. The number of nitrogens with zero attached hydrogens (tertiary/aromatic N) is 1. The smallest absolute Gasteiger partial charge is 0.466 e. The summed E-state index contributed by atoms with van der Waals surface area (Å²) < 4.78 is 15.5. The molecule has 0 spiro atoms. The molecule has 1 atom stereocenters. The standard InChI is InChI=1S/C19H21Cl2NO6/c1-5-27-9-22-10(2)14(18(23)26-4)15(17(11(22)3)28-19(24)25)12-7-6-8-13(20)16(12)21/h6-8,15H,5,9H2,1-4H3,(H,24,25). The van der Waals surface area contributed by atoms with Crippen molar-refractivity contribution in [3.63, 3.8) is 0 Å². The summed E-state index contributed by atoms with van der Waals surface area (Å²) in [5.41, 5.74) is 1.63. The van der Waals surface area contributed by atoms with Gasteiger partial charge < -0.3 is 24.2 Å². The van der Waals surface area contributed by atoms with Crippen LogP contribution in [0.1, 0.15) is 32.3 Å². The van der Waals surface area contributed by atoms with Crippen molar-refractivity contribution in [3.8, 4) is 0 Å². The lowest BCUT2D eigenvalue weighted by atomic mass is 9.84. The predicted molar refractivity (Wildman–Crippen MR) is 104 cm³/mol. The number of methoxy groups -OCH3 is 1. The van der Waals surface area contributed by atoms with Crippen molar-refractivity contribution in [3.05, 3.63) is 56.5 Å². The summed E-state index contributed by atoms with van der Waals surface area (Å²) in [4.78, 5) is 25.7. The van der Waals surface area contributed by atoms with Crippen LogP contribution in [0.2, 0.25) is 10.0 Å². The first-order chi connectivity index (χ1) is 13.2. The second kappa shape index (κ2) is 9.32. The molecular formula is C19H21Cl2NO6. The number of ether oxygens (including phenoxy) is 3. The van der Waals surface area contributed by atoms with Crippen LogP contribution in [-0.4, -0.2) is 42.6 Å². The average Bonchev–Trinajstić information content (AvgIpc) is 2.65. The third kappa shape index (κ3) is 4.27. The SMILES string of the molecule is CCOCN1C(C)=C(OC(=O)O)C(c2cccc(Cl)c2Cl)C(C(=O)OC)=C1C. The molecule has 1 aliphatic heterocycles. The van der Waals surface area contributed by atoms with Gasteiger partial charge in [-0.1, -0.05) is 35.3 Å². The maximum Gasteiger partial charge on any atom is 0.511 e. The fraction of sp³-hybridized carbons (Fsp3) is 0.368. The van der Waals surface area contributed by atoms with E-state index in [4.69, 9.17) is 37.4 Å². The van der Waals surface area contributed by atoms with Crippen molar-refractivity contribution in [1.82, 2.24) is 4.90 Å². The third-order valence-corrected chi connectivity index (χ3v) is 5.26. The van der Waals surface area contributed by atoms with Gasteiger partial charge in [0, 0.05) is 12.3 Å². The minimum atomic E-state index is -1.52. The Bertz CT molecular complexity index is 849. The fourth-order valence-corrected chi connectivity index (χ4v) is 3.51. The number of carboxylic acid groups (broad SMARTS) is 1. The molecule has 1 heterocycles. The van der Waals surface area contributed by atoms with Crippen molar-refractivity contribution in [2.45, 2.75) is 26.7 Å². The normalized spacial score (nSPS) is 17.1. The fourth-order valence-electron chi connectivity index (χ4n) is 3.10. The van der Waals surface area contributed by atoms with Crippen LogP contribution >= 0.6 is 23.2 Å². The summed E-state index contributed by atoms with van der Waals surface area (Å²) in [5, 5.41) is 9.75. The van der Waals surface area contributed by atoms with Crippen molar-refractivity contribution in [2.24, 2.45) is 0 Å². The maximum atomic E-state index is 12.7. The quantitative estimate of drug-likeness (QED) is 0.652. The summed E-state index contributed by atoms with van der Waals surface area (Å²) in [7, 11) is 1.25. The molecule has 1 aromatic rings. The minimum absolute atomic E-state index is 0.0300. The molecule has 0 radical (unpaired) electrons. The molecule has 0 aliphatic carbocycles. The largest absolute Gasteiger partial charge is 0.511 e. The van der Waals surface area contributed by atoms with Gasteiger partial charge in [0.05, 0.1) is 34.3 Å². The number of halogens is 2. The molecule has 0 amide bonds. The number of rotatable bonds is 6. The van der Waals surface area contributed by atoms with Gasteiger partial charge in [-0.2, -0.15) is 0 Å². The van der Waals surface area contributed by atoms with Crippen LogP contribution in [0.4, 0.5) is 4.79 Å². The lowest BCUT2D eigenvalue weighted by Crippen LogP contribution is -2.35. The molecule has 0 saturated carbocycles. The number of hydrogen-bond acceptors (Lipinski definition) is 6. The first kappa shape index (κ1) is 22.1. The van der Waals surface area contributed by atoms with E-state index in [2.05, 4.69) is 0 Å². The summed E-state index contributed by atoms with van der Waals surface area (Å²) in [6.45, 7) is 5.77. The van der Waals surface area contributed by atoms with Crippen LogP contribution in [0.15, 0.2) is 40.9 Å². The summed E-state index contributed by atoms with van der Waals surface area (Å²) in [5.74, 6) is -1.52. The van der Waals surface area contributed by atoms with Crippen molar-refractivity contribution in [2.75, 3.05) is 20.4 Å². The summed E-state index contributed by atoms with van der Waals surface area (Å²) in [6.07, 6.45) is -1.52. The zero-order valence-corrected chi connectivity index (χ0v) is 17.4. The van der Waals surface area contributed by atoms with E-state index in [0.29, 0.717) is 23.6 Å². The second-order valence-corrected chi connectivity index (χ2v) is 6.72. The van der Waals surface area contributed by atoms with E-state index >= 15 is 0 Å². The molecule has 1 unspecified atom stereocenters. The molecule has 0 saturated heterocycles. The number of benzene rings is 1. The Hall–Kier alpha value is -2.22. The van der Waals surface area contributed by atoms with Crippen LogP contribution < -0.4 is 0 Å². The van der Waals surface area contributed by atoms with Gasteiger partial charge in [0.1, 0.15) is 12.5 Å². The van der Waals surface area contributed by atoms with E-state index < -0.39 is 18.0 Å². The van der Waals surface area contributed by atoms with Gasteiger partial charge >= 0.3 is 12.1 Å². The molecule has 0 fully saturated rings. The molecular weight excluding hydrogens is 409 g/mol. The lowest BCUT2D eigenvalue weighted by molar-refractivity contribution is -0.136. The van der Waals surface area contributed by atoms with Gasteiger partial charge in [0.25, 0.3) is 0 Å². The Labute approximate surface area is 173 Å². The van der Waals surface area contributed by atoms with Gasteiger partial charge in [-0.15, -0.1) is 0 Å². The van der Waals surface area contributed by atoms with E-state index in [9.17, 15) is 14.7 Å². The average molecular weight is 430 g/mol. The van der Waals surface area contributed by atoms with Gasteiger partial charge in [-0.3, -0.25) is 0 Å². The molecule has 28 heavy (non-hydrogen) atoms. The molecule has 1 aliphatic rings. The van der Waals surface area contributed by atoms with Gasteiger partial charge in [0.2, 0.25) is 0 Å². The Balaban J connectivity index is 2.77. The number of hydrogen-bond donors (Lipinski definition) is 1. The van der Waals surface area contributed by atoms with Crippen molar-refractivity contribution in [1.29, 1.82) is 0 Å². The third-order valence-electron chi connectivity index (χ3n) is 4.43. The molecule has 0 bridgehead atoms. The van der Waals surface area contributed by atoms with Gasteiger partial charge in [-0.05, 0) is 32.4 Å². The number of esters is 1. The Morgan fingerprint density at radius 2 is 1.89 bits per heavy atom. The zero-order chi connectivity index (χ0) is 21.0. The van der Waals surface area contributed by atoms with E-state index in [1.54, 1.807) is 36.9 Å². The molecule has 7 nitrogen and oxygen atoms in total. The van der Waals surface area contributed by atoms with Crippen LogP contribution in [0.25, 0.3) is 0 Å². The number of allylic oxidation sites excluding steroid dienone is 3. The highest BCUT2D eigenvalue weighted by Crippen LogP contribution is 2.45. The number of carbonyl (C=O) groups excluding carboxylic acids is 1. The molecule has 9 heteroatoms. The van der Waals surface area contributed by atoms with Crippen LogP contribution in [0.5, 0.6) is 0 Å². The Morgan fingerprint density at radius 1 is 1.21 bits per heavy atom. The van der Waals surface area contributed by atoms with Crippen LogP contribution in [0, 0.1) is 0 Å². The van der Waals surface area contributed by atoms with E-state index in [1.165, 1.54) is 7.11 Å². The highest BCUT2D eigenvalue weighted by atomic mass is 35.5. The van der Waals surface area contributed by atoms with E-state index in [1.807, 2.05) is 6.92 Å². The molecule has 152 valence electrons. The summed E-state index contributed by atoms with van der Waals surface area (Å²) in [6, 6.07) is 4.92. The van der Waals surface area contributed by atoms with Crippen LogP contribution in [-0.2, 0) is 19.0 Å². The maximum absolute atomic E-state index is 12.7. The van der Waals surface area contributed by atoms with Gasteiger partial charge in [0.15, 0.2) is 0 Å². The van der Waals surface area contributed by atoms with E-state index in [0.717, 1.165) is 0 Å². The molecule has 1 N–H and O–H groups in total. The predicted octanol–water partition coefficient (Wildman–Crippen LogP) is 4.76. The molecule has 0 aromatic heterocycles. The highest BCUT2D eigenvalue weighted by Gasteiger charge is 2.40. The molecule has 2 rings (SSSR count). The van der Waals surface area contributed by atoms with Crippen LogP contribution in [0.3, 0.4) is 0 Å². The Kier molecular flexibility index (Phi) is 7.35. The van der Waals surface area contributed by atoms with Crippen molar-refractivity contribution >= 4 is 35.3 Å². The summed E-state index contributed by atoms with van der Waals surface area (Å²) >= 11 is 12.5. The highest BCUT2D eigenvalue weighted by molar-refractivity contribution is 6.42.